The predicted octanol–water partition coefficient (Wildman–Crippen LogP) is 3.95. The number of nitrogens with one attached hydrogen (secondary N) is 1. The second-order valence-corrected chi connectivity index (χ2v) is 6.30. The van der Waals surface area contributed by atoms with Crippen molar-refractivity contribution < 1.29 is 4.39 Å². The van der Waals surface area contributed by atoms with Crippen LogP contribution in [0.15, 0.2) is 47.4 Å². The lowest BCUT2D eigenvalue weighted by Gasteiger charge is -2.17. The van der Waals surface area contributed by atoms with Crippen molar-refractivity contribution in [2.75, 3.05) is 5.75 Å². The third-order valence-electron chi connectivity index (χ3n) is 3.27. The fourth-order valence-electron chi connectivity index (χ4n) is 2.05. The zero-order valence-electron chi connectivity index (χ0n) is 11.8. The molecule has 3 N–H and O–H groups in total. The van der Waals surface area contributed by atoms with Gasteiger partial charge in [-0.2, -0.15) is 0 Å². The van der Waals surface area contributed by atoms with Crippen LogP contribution in [-0.2, 0) is 6.42 Å². The monoisotopic (exact) mass is 324 g/mol. The molecule has 21 heavy (non-hydrogen) atoms. The Hall–Kier alpha value is -1.07. The van der Waals surface area contributed by atoms with E-state index in [4.69, 9.17) is 17.4 Å². The average Bonchev–Trinajstić information content (AvgIpc) is 2.49. The van der Waals surface area contributed by atoms with Crippen molar-refractivity contribution in [1.29, 1.82) is 0 Å². The highest BCUT2D eigenvalue weighted by atomic mass is 35.5. The van der Waals surface area contributed by atoms with Crippen LogP contribution in [0.25, 0.3) is 0 Å². The molecule has 0 amide bonds. The number of hydrazine groups is 1. The van der Waals surface area contributed by atoms with Crippen LogP contribution in [0.4, 0.5) is 4.39 Å². The van der Waals surface area contributed by atoms with Gasteiger partial charge in [-0.1, -0.05) is 41.9 Å². The number of halogens is 2. The van der Waals surface area contributed by atoms with E-state index >= 15 is 0 Å². The number of aryl methyl sites for hydroxylation is 1. The number of hydrogen-bond acceptors (Lipinski definition) is 3. The number of rotatable bonds is 6. The zero-order chi connectivity index (χ0) is 15.2. The van der Waals surface area contributed by atoms with Crippen LogP contribution in [0.3, 0.4) is 0 Å². The van der Waals surface area contributed by atoms with Gasteiger partial charge in [0.15, 0.2) is 0 Å². The van der Waals surface area contributed by atoms with Crippen LogP contribution in [0.2, 0.25) is 5.02 Å². The Kier molecular flexibility index (Phi) is 6.06. The molecule has 1 atom stereocenters. The molecule has 0 aromatic heterocycles. The van der Waals surface area contributed by atoms with Gasteiger partial charge in [0, 0.05) is 16.7 Å². The summed E-state index contributed by atoms with van der Waals surface area (Å²) in [6.45, 7) is 2.08. The van der Waals surface area contributed by atoms with Gasteiger partial charge in [-0.3, -0.25) is 11.3 Å². The second kappa shape index (κ2) is 7.80. The highest BCUT2D eigenvalue weighted by molar-refractivity contribution is 7.99. The maximum Gasteiger partial charge on any atom is 0.142 e. The Bertz CT molecular complexity index is 607. The van der Waals surface area contributed by atoms with Crippen molar-refractivity contribution in [3.63, 3.8) is 0 Å². The van der Waals surface area contributed by atoms with Gasteiger partial charge in [-0.05, 0) is 36.6 Å². The minimum atomic E-state index is -0.392. The van der Waals surface area contributed by atoms with Crippen molar-refractivity contribution in [1.82, 2.24) is 5.43 Å². The van der Waals surface area contributed by atoms with Crippen LogP contribution in [0.1, 0.15) is 11.1 Å². The summed E-state index contributed by atoms with van der Waals surface area (Å²) in [5, 5.41) is 0.179. The largest absolute Gasteiger partial charge is 0.271 e. The van der Waals surface area contributed by atoms with E-state index in [1.807, 2.05) is 18.2 Å². The van der Waals surface area contributed by atoms with Crippen LogP contribution < -0.4 is 11.3 Å². The van der Waals surface area contributed by atoms with Crippen molar-refractivity contribution in [2.24, 2.45) is 5.84 Å². The maximum absolute atomic E-state index is 13.4. The first-order chi connectivity index (χ1) is 10.1. The molecule has 0 aliphatic carbocycles. The quantitative estimate of drug-likeness (QED) is 0.480. The zero-order valence-corrected chi connectivity index (χ0v) is 13.3. The van der Waals surface area contributed by atoms with Gasteiger partial charge in [0.2, 0.25) is 0 Å². The molecule has 112 valence electrons. The molecule has 2 aromatic rings. The Morgan fingerprint density at radius 2 is 2.00 bits per heavy atom. The Labute approximate surface area is 133 Å². The van der Waals surface area contributed by atoms with E-state index in [2.05, 4.69) is 24.5 Å². The van der Waals surface area contributed by atoms with E-state index in [0.717, 1.165) is 11.3 Å². The van der Waals surface area contributed by atoms with Crippen LogP contribution >= 0.6 is 23.4 Å². The molecule has 0 radical (unpaired) electrons. The fraction of sp³-hybridized carbons (Fsp3) is 0.250. The highest BCUT2D eigenvalue weighted by Crippen LogP contribution is 2.25. The SMILES string of the molecule is Cc1ccccc1SCC(Cc1cccc(F)c1Cl)NN. The average molecular weight is 325 g/mol. The highest BCUT2D eigenvalue weighted by Gasteiger charge is 2.13. The summed E-state index contributed by atoms with van der Waals surface area (Å²) < 4.78 is 13.4. The number of benzene rings is 2. The first kappa shape index (κ1) is 16.3. The molecule has 2 rings (SSSR count). The van der Waals surface area contributed by atoms with E-state index < -0.39 is 5.82 Å². The van der Waals surface area contributed by atoms with Crippen molar-refractivity contribution in [3.05, 3.63) is 64.4 Å². The van der Waals surface area contributed by atoms with Crippen LogP contribution in [0, 0.1) is 12.7 Å². The summed E-state index contributed by atoms with van der Waals surface area (Å²) in [5.41, 5.74) is 4.79. The van der Waals surface area contributed by atoms with Gasteiger partial charge >= 0.3 is 0 Å². The normalized spacial score (nSPS) is 12.4. The van der Waals surface area contributed by atoms with Gasteiger partial charge < -0.3 is 0 Å². The number of nitrogens with two attached hydrogens (primary N) is 1. The van der Waals surface area contributed by atoms with Crippen LogP contribution in [0.5, 0.6) is 0 Å². The predicted molar refractivity (Wildman–Crippen MR) is 88.1 cm³/mol. The van der Waals surface area contributed by atoms with Gasteiger partial charge in [-0.25, -0.2) is 4.39 Å². The first-order valence-corrected chi connectivity index (χ1v) is 8.05. The molecule has 0 fully saturated rings. The molecule has 0 saturated heterocycles. The third kappa shape index (κ3) is 4.45. The molecule has 5 heteroatoms. The lowest BCUT2D eigenvalue weighted by molar-refractivity contribution is 0.571. The maximum atomic E-state index is 13.4. The third-order valence-corrected chi connectivity index (χ3v) is 5.03. The molecule has 2 aromatic carbocycles. The van der Waals surface area contributed by atoms with Gasteiger partial charge in [-0.15, -0.1) is 11.8 Å². The molecule has 0 aliphatic rings. The Morgan fingerprint density at radius 3 is 2.71 bits per heavy atom. The van der Waals surface area contributed by atoms with Gasteiger partial charge in [0.1, 0.15) is 5.82 Å². The van der Waals surface area contributed by atoms with Crippen molar-refractivity contribution >= 4 is 23.4 Å². The lowest BCUT2D eigenvalue weighted by atomic mass is 10.1. The fourth-order valence-corrected chi connectivity index (χ4v) is 3.31. The van der Waals surface area contributed by atoms with Gasteiger partial charge in [0.25, 0.3) is 0 Å². The van der Waals surface area contributed by atoms with E-state index in [9.17, 15) is 4.39 Å². The summed E-state index contributed by atoms with van der Waals surface area (Å²) in [7, 11) is 0. The van der Waals surface area contributed by atoms with Crippen molar-refractivity contribution in [3.8, 4) is 0 Å². The van der Waals surface area contributed by atoms with E-state index in [0.29, 0.717) is 6.42 Å². The molecule has 0 heterocycles. The smallest absolute Gasteiger partial charge is 0.142 e. The molecule has 0 saturated carbocycles. The van der Waals surface area contributed by atoms with Gasteiger partial charge in [0.05, 0.1) is 5.02 Å². The summed E-state index contributed by atoms with van der Waals surface area (Å²) in [4.78, 5) is 1.23. The van der Waals surface area contributed by atoms with Crippen LogP contribution in [-0.4, -0.2) is 11.8 Å². The van der Waals surface area contributed by atoms with Crippen molar-refractivity contribution in [2.45, 2.75) is 24.3 Å². The van der Waals surface area contributed by atoms with E-state index in [1.165, 1.54) is 16.5 Å². The summed E-state index contributed by atoms with van der Waals surface area (Å²) >= 11 is 7.72. The molecule has 0 spiro atoms. The molecular weight excluding hydrogens is 307 g/mol. The molecular formula is C16H18ClFN2S. The number of hydrogen-bond donors (Lipinski definition) is 2. The summed E-state index contributed by atoms with van der Waals surface area (Å²) in [6, 6.07) is 13.1. The Morgan fingerprint density at radius 1 is 1.24 bits per heavy atom. The van der Waals surface area contributed by atoms with E-state index in [-0.39, 0.29) is 11.1 Å². The second-order valence-electron chi connectivity index (χ2n) is 4.86. The Balaban J connectivity index is 2.01. The topological polar surface area (TPSA) is 38.0 Å². The summed E-state index contributed by atoms with van der Waals surface area (Å²) in [6.07, 6.45) is 0.589. The molecule has 2 nitrogen and oxygen atoms in total. The molecule has 1 unspecified atom stereocenters. The minimum Gasteiger partial charge on any atom is -0.271 e. The minimum absolute atomic E-state index is 0.0221. The number of thioether (sulfide) groups is 1. The van der Waals surface area contributed by atoms with E-state index in [1.54, 1.807) is 17.8 Å². The first-order valence-electron chi connectivity index (χ1n) is 6.69. The molecule has 0 bridgehead atoms. The summed E-state index contributed by atoms with van der Waals surface area (Å²) in [5.74, 6) is 6.00. The lowest BCUT2D eigenvalue weighted by Crippen LogP contribution is -2.38. The molecule has 0 aliphatic heterocycles. The standard InChI is InChI=1S/C16H18ClFN2S/c1-11-5-2-3-8-15(11)21-10-13(20-19)9-12-6-4-7-14(18)16(12)17/h2-8,13,20H,9-10,19H2,1H3.